The molecule has 0 spiro atoms. The van der Waals surface area contributed by atoms with Crippen LogP contribution in [0.3, 0.4) is 0 Å². The van der Waals surface area contributed by atoms with Gasteiger partial charge in [0.25, 0.3) is 5.91 Å². The van der Waals surface area contributed by atoms with Gasteiger partial charge in [0, 0.05) is 25.3 Å². The third-order valence-corrected chi connectivity index (χ3v) is 7.82. The predicted molar refractivity (Wildman–Crippen MR) is 130 cm³/mol. The predicted octanol–water partition coefficient (Wildman–Crippen LogP) is 3.81. The van der Waals surface area contributed by atoms with Crippen LogP contribution in [0.25, 0.3) is 0 Å². The van der Waals surface area contributed by atoms with Crippen molar-refractivity contribution in [3.8, 4) is 11.5 Å². The summed E-state index contributed by atoms with van der Waals surface area (Å²) in [5.74, 6) is 0.872. The van der Waals surface area contributed by atoms with E-state index >= 15 is 0 Å². The lowest BCUT2D eigenvalue weighted by Crippen LogP contribution is -2.39. The average Bonchev–Trinajstić information content (AvgIpc) is 2.82. The molecule has 0 atom stereocenters. The number of anilines is 1. The molecule has 7 nitrogen and oxygen atoms in total. The smallest absolute Gasteiger partial charge is 0.264 e. The van der Waals surface area contributed by atoms with Gasteiger partial charge in [-0.3, -0.25) is 4.79 Å². The molecule has 2 aromatic rings. The zero-order valence-electron chi connectivity index (χ0n) is 19.5. The third-order valence-electron chi connectivity index (χ3n) is 5.77. The number of aryl methyl sites for hydroxylation is 1. The fourth-order valence-corrected chi connectivity index (χ4v) is 5.56. The molecule has 1 aliphatic rings. The molecule has 3 rings (SSSR count). The Kier molecular flexibility index (Phi) is 8.15. The highest BCUT2D eigenvalue weighted by atomic mass is 32.2. The lowest BCUT2D eigenvalue weighted by atomic mass is 10.0. The van der Waals surface area contributed by atoms with E-state index in [0.717, 1.165) is 29.7 Å². The van der Waals surface area contributed by atoms with Gasteiger partial charge in [0.15, 0.2) is 18.1 Å². The van der Waals surface area contributed by atoms with Crippen LogP contribution in [-0.4, -0.2) is 52.0 Å². The van der Waals surface area contributed by atoms with Gasteiger partial charge in [-0.2, -0.15) is 4.31 Å². The van der Waals surface area contributed by atoms with Gasteiger partial charge in [0.1, 0.15) is 0 Å². The van der Waals surface area contributed by atoms with E-state index < -0.39 is 10.0 Å². The molecular weight excluding hydrogens is 440 g/mol. The monoisotopic (exact) mass is 472 g/mol. The molecular formula is C25H32N2O5S. The van der Waals surface area contributed by atoms with Crippen LogP contribution in [-0.2, 0) is 27.7 Å². The Morgan fingerprint density at radius 1 is 1.15 bits per heavy atom. The van der Waals surface area contributed by atoms with Crippen LogP contribution in [0.2, 0.25) is 0 Å². The second-order valence-corrected chi connectivity index (χ2v) is 9.73. The van der Waals surface area contributed by atoms with Crippen LogP contribution in [0.5, 0.6) is 11.5 Å². The van der Waals surface area contributed by atoms with Crippen molar-refractivity contribution in [1.29, 1.82) is 0 Å². The van der Waals surface area contributed by atoms with Crippen molar-refractivity contribution in [3.05, 3.63) is 60.2 Å². The number of carbonyl (C=O) groups excluding carboxylic acids is 1. The number of hydrogen-bond donors (Lipinski definition) is 0. The van der Waals surface area contributed by atoms with Gasteiger partial charge in [-0.25, -0.2) is 8.42 Å². The summed E-state index contributed by atoms with van der Waals surface area (Å²) in [6.07, 6.45) is 4.00. The molecule has 0 saturated heterocycles. The van der Waals surface area contributed by atoms with Gasteiger partial charge in [0.2, 0.25) is 10.0 Å². The Balaban J connectivity index is 1.77. The zero-order chi connectivity index (χ0) is 24.0. The first kappa shape index (κ1) is 24.8. The minimum atomic E-state index is -3.55. The largest absolute Gasteiger partial charge is 0.493 e. The summed E-state index contributed by atoms with van der Waals surface area (Å²) in [5.41, 5.74) is 2.64. The van der Waals surface area contributed by atoms with Gasteiger partial charge in [-0.15, -0.1) is 6.58 Å². The Hall–Kier alpha value is -2.84. The van der Waals surface area contributed by atoms with Crippen LogP contribution in [0, 0.1) is 0 Å². The SMILES string of the molecule is C=CCc1ccc(OCC(=O)N2CCCc3cc(S(=O)(=O)N(CC)CC)ccc32)c(OC)c1. The Labute approximate surface area is 196 Å². The van der Waals surface area contributed by atoms with Crippen molar-refractivity contribution in [1.82, 2.24) is 4.31 Å². The molecule has 0 N–H and O–H groups in total. The maximum absolute atomic E-state index is 13.0. The summed E-state index contributed by atoms with van der Waals surface area (Å²) >= 11 is 0. The van der Waals surface area contributed by atoms with Crippen molar-refractivity contribution >= 4 is 21.6 Å². The van der Waals surface area contributed by atoms with Gasteiger partial charge in [-0.1, -0.05) is 26.0 Å². The maximum atomic E-state index is 13.0. The summed E-state index contributed by atoms with van der Waals surface area (Å²) in [5, 5.41) is 0. The van der Waals surface area contributed by atoms with Crippen LogP contribution in [0.4, 0.5) is 5.69 Å². The molecule has 1 amide bonds. The first-order chi connectivity index (χ1) is 15.8. The molecule has 0 saturated carbocycles. The molecule has 33 heavy (non-hydrogen) atoms. The van der Waals surface area contributed by atoms with Crippen molar-refractivity contribution in [2.24, 2.45) is 0 Å². The Morgan fingerprint density at radius 3 is 2.58 bits per heavy atom. The number of sulfonamides is 1. The van der Waals surface area contributed by atoms with Crippen LogP contribution < -0.4 is 14.4 Å². The normalized spacial score (nSPS) is 13.5. The number of amides is 1. The fraction of sp³-hybridized carbons (Fsp3) is 0.400. The second-order valence-electron chi connectivity index (χ2n) is 7.80. The molecule has 0 bridgehead atoms. The zero-order valence-corrected chi connectivity index (χ0v) is 20.4. The van der Waals surface area contributed by atoms with Crippen LogP contribution in [0.15, 0.2) is 53.9 Å². The van der Waals surface area contributed by atoms with E-state index in [-0.39, 0.29) is 17.4 Å². The first-order valence-corrected chi connectivity index (χ1v) is 12.6. The molecule has 1 heterocycles. The van der Waals surface area contributed by atoms with Gasteiger partial charge in [0.05, 0.1) is 12.0 Å². The molecule has 8 heteroatoms. The number of rotatable bonds is 10. The van der Waals surface area contributed by atoms with E-state index in [1.807, 2.05) is 32.1 Å². The van der Waals surface area contributed by atoms with Gasteiger partial charge < -0.3 is 14.4 Å². The number of allylic oxidation sites excluding steroid dienone is 1. The second kappa shape index (κ2) is 10.9. The molecule has 1 aliphatic heterocycles. The Bertz CT molecular complexity index is 1110. The fourth-order valence-electron chi connectivity index (χ4n) is 4.05. The van der Waals surface area contributed by atoms with Crippen molar-refractivity contribution in [2.45, 2.75) is 38.0 Å². The highest BCUT2D eigenvalue weighted by molar-refractivity contribution is 7.89. The number of methoxy groups -OCH3 is 1. The Morgan fingerprint density at radius 2 is 1.91 bits per heavy atom. The van der Waals surface area contributed by atoms with Crippen LogP contribution >= 0.6 is 0 Å². The first-order valence-electron chi connectivity index (χ1n) is 11.2. The summed E-state index contributed by atoms with van der Waals surface area (Å²) in [6.45, 7) is 8.63. The van der Waals surface area contributed by atoms with Gasteiger partial charge >= 0.3 is 0 Å². The van der Waals surface area contributed by atoms with E-state index in [4.69, 9.17) is 9.47 Å². The van der Waals surface area contributed by atoms with E-state index in [1.165, 1.54) is 4.31 Å². The summed E-state index contributed by atoms with van der Waals surface area (Å²) < 4.78 is 38.4. The summed E-state index contributed by atoms with van der Waals surface area (Å²) in [6, 6.07) is 10.6. The van der Waals surface area contributed by atoms with Crippen LogP contribution in [0.1, 0.15) is 31.4 Å². The van der Waals surface area contributed by atoms with Gasteiger partial charge in [-0.05, 0) is 60.7 Å². The van der Waals surface area contributed by atoms with Crippen molar-refractivity contribution in [2.75, 3.05) is 38.3 Å². The molecule has 2 aromatic carbocycles. The van der Waals surface area contributed by atoms with E-state index in [1.54, 1.807) is 36.3 Å². The quantitative estimate of drug-likeness (QED) is 0.492. The van der Waals surface area contributed by atoms with E-state index in [2.05, 4.69) is 6.58 Å². The summed E-state index contributed by atoms with van der Waals surface area (Å²) in [7, 11) is -1.99. The molecule has 0 fully saturated rings. The minimum Gasteiger partial charge on any atom is -0.493 e. The number of hydrogen-bond acceptors (Lipinski definition) is 5. The average molecular weight is 473 g/mol. The highest BCUT2D eigenvalue weighted by Gasteiger charge is 2.27. The molecule has 0 radical (unpaired) electrons. The summed E-state index contributed by atoms with van der Waals surface area (Å²) in [4.78, 5) is 14.9. The highest BCUT2D eigenvalue weighted by Crippen LogP contribution is 2.32. The van der Waals surface area contributed by atoms with E-state index in [9.17, 15) is 13.2 Å². The topological polar surface area (TPSA) is 76.2 Å². The lowest BCUT2D eigenvalue weighted by Gasteiger charge is -2.30. The standard InChI is InChI=1S/C25H32N2O5S/c1-5-9-19-11-14-23(24(16-19)31-4)32-18-25(28)27-15-8-10-20-17-21(12-13-22(20)27)33(29,30)26(6-2)7-3/h5,11-14,16-17H,1,6-10,15,18H2,2-4H3. The van der Waals surface area contributed by atoms with Crippen molar-refractivity contribution in [3.63, 3.8) is 0 Å². The van der Waals surface area contributed by atoms with E-state index in [0.29, 0.717) is 37.6 Å². The minimum absolute atomic E-state index is 0.143. The maximum Gasteiger partial charge on any atom is 0.264 e. The van der Waals surface area contributed by atoms with Crippen molar-refractivity contribution < 1.29 is 22.7 Å². The molecule has 0 aliphatic carbocycles. The molecule has 0 aromatic heterocycles. The third kappa shape index (κ3) is 5.39. The number of benzene rings is 2. The molecule has 178 valence electrons. The number of carbonyl (C=O) groups is 1. The lowest BCUT2D eigenvalue weighted by molar-refractivity contribution is -0.120. The number of ether oxygens (including phenoxy) is 2. The number of fused-ring (bicyclic) bond motifs is 1. The molecule has 0 unspecified atom stereocenters. The number of nitrogens with zero attached hydrogens (tertiary/aromatic N) is 2.